The van der Waals surface area contributed by atoms with Crippen molar-refractivity contribution in [1.82, 2.24) is 4.90 Å². The Bertz CT molecular complexity index is 828. The lowest BCUT2D eigenvalue weighted by Crippen LogP contribution is -2.49. The quantitative estimate of drug-likeness (QED) is 0.679. The number of piperazine rings is 1. The molecule has 0 aromatic heterocycles. The molecule has 1 saturated carbocycles. The molecule has 2 fully saturated rings. The molecule has 1 aliphatic carbocycles. The Morgan fingerprint density at radius 1 is 0.897 bits per heavy atom. The number of amides is 1. The summed E-state index contributed by atoms with van der Waals surface area (Å²) in [6, 6.07) is 15.4. The maximum absolute atomic E-state index is 12.7. The summed E-state index contributed by atoms with van der Waals surface area (Å²) in [4.78, 5) is 17.2. The van der Waals surface area contributed by atoms with Gasteiger partial charge in [0, 0.05) is 38.3 Å². The molecule has 1 aliphatic heterocycles. The van der Waals surface area contributed by atoms with Crippen molar-refractivity contribution in [2.75, 3.05) is 31.1 Å². The largest absolute Gasteiger partial charge is 0.368 e. The maximum atomic E-state index is 12.7. The van der Waals surface area contributed by atoms with E-state index >= 15 is 0 Å². The average Bonchev–Trinajstić information content (AvgIpc) is 2.77. The first-order chi connectivity index (χ1) is 14.1. The van der Waals surface area contributed by atoms with Crippen LogP contribution >= 0.6 is 0 Å². The Morgan fingerprint density at radius 2 is 1.59 bits per heavy atom. The molecule has 0 N–H and O–H groups in total. The first-order valence-electron chi connectivity index (χ1n) is 11.3. The number of anilines is 1. The zero-order valence-electron chi connectivity index (χ0n) is 18.0. The fourth-order valence-corrected chi connectivity index (χ4v) is 4.90. The molecule has 0 spiro atoms. The van der Waals surface area contributed by atoms with Crippen molar-refractivity contribution in [2.24, 2.45) is 5.92 Å². The SMILES string of the molecule is Cc1cccc(-c2ccc(N3CCN(C(=O)CC4CCCCC4)CC3)cc2)c1C. The molecular weight excluding hydrogens is 356 g/mol. The second kappa shape index (κ2) is 9.02. The highest BCUT2D eigenvalue weighted by Crippen LogP contribution is 2.29. The van der Waals surface area contributed by atoms with Crippen molar-refractivity contribution < 1.29 is 4.79 Å². The minimum Gasteiger partial charge on any atom is -0.368 e. The second-order valence-electron chi connectivity index (χ2n) is 8.87. The topological polar surface area (TPSA) is 23.6 Å². The van der Waals surface area contributed by atoms with Gasteiger partial charge in [-0.05, 0) is 67.0 Å². The molecule has 0 radical (unpaired) electrons. The predicted octanol–water partition coefficient (Wildman–Crippen LogP) is 5.59. The molecule has 0 atom stereocenters. The van der Waals surface area contributed by atoms with Gasteiger partial charge in [0.15, 0.2) is 0 Å². The van der Waals surface area contributed by atoms with Crippen LogP contribution in [-0.2, 0) is 4.79 Å². The molecule has 3 heteroatoms. The van der Waals surface area contributed by atoms with Crippen LogP contribution in [0.15, 0.2) is 42.5 Å². The Kier molecular flexibility index (Phi) is 6.22. The summed E-state index contributed by atoms with van der Waals surface area (Å²) in [5, 5.41) is 0. The standard InChI is InChI=1S/C26H34N2O/c1-20-7-6-10-25(21(20)2)23-11-13-24(14-12-23)27-15-17-28(18-16-27)26(29)19-22-8-4-3-5-9-22/h6-7,10-14,22H,3-5,8-9,15-19H2,1-2H3. The second-order valence-corrected chi connectivity index (χ2v) is 8.87. The minimum atomic E-state index is 0.377. The third kappa shape index (κ3) is 4.66. The molecule has 0 unspecified atom stereocenters. The van der Waals surface area contributed by atoms with Gasteiger partial charge in [0.25, 0.3) is 0 Å². The molecular formula is C26H34N2O. The van der Waals surface area contributed by atoms with Crippen molar-refractivity contribution in [3.63, 3.8) is 0 Å². The van der Waals surface area contributed by atoms with Gasteiger partial charge in [0.1, 0.15) is 0 Å². The maximum Gasteiger partial charge on any atom is 0.222 e. The van der Waals surface area contributed by atoms with E-state index in [1.807, 2.05) is 0 Å². The first kappa shape index (κ1) is 20.0. The van der Waals surface area contributed by atoms with Crippen LogP contribution in [0, 0.1) is 19.8 Å². The van der Waals surface area contributed by atoms with E-state index in [-0.39, 0.29) is 0 Å². The average molecular weight is 391 g/mol. The number of carbonyl (C=O) groups is 1. The Morgan fingerprint density at radius 3 is 2.28 bits per heavy atom. The molecule has 1 saturated heterocycles. The van der Waals surface area contributed by atoms with Crippen LogP contribution in [0.4, 0.5) is 5.69 Å². The lowest BCUT2D eigenvalue weighted by atomic mass is 9.86. The van der Waals surface area contributed by atoms with E-state index in [0.717, 1.165) is 32.6 Å². The zero-order valence-corrected chi connectivity index (χ0v) is 18.0. The van der Waals surface area contributed by atoms with E-state index in [9.17, 15) is 4.79 Å². The molecule has 3 nitrogen and oxygen atoms in total. The van der Waals surface area contributed by atoms with Gasteiger partial charge >= 0.3 is 0 Å². The predicted molar refractivity (Wildman–Crippen MR) is 121 cm³/mol. The number of rotatable bonds is 4. The van der Waals surface area contributed by atoms with Gasteiger partial charge in [-0.15, -0.1) is 0 Å². The molecule has 2 aromatic carbocycles. The van der Waals surface area contributed by atoms with Gasteiger partial charge in [0.05, 0.1) is 0 Å². The van der Waals surface area contributed by atoms with E-state index in [4.69, 9.17) is 0 Å². The molecule has 1 amide bonds. The van der Waals surface area contributed by atoms with Crippen molar-refractivity contribution in [3.05, 3.63) is 53.6 Å². The smallest absolute Gasteiger partial charge is 0.222 e. The van der Waals surface area contributed by atoms with Gasteiger partial charge in [-0.3, -0.25) is 4.79 Å². The lowest BCUT2D eigenvalue weighted by Gasteiger charge is -2.37. The molecule has 2 aliphatic rings. The minimum absolute atomic E-state index is 0.377. The van der Waals surface area contributed by atoms with Crippen molar-refractivity contribution in [1.29, 1.82) is 0 Å². The van der Waals surface area contributed by atoms with Gasteiger partial charge in [-0.1, -0.05) is 49.6 Å². The Balaban J connectivity index is 1.34. The number of nitrogens with zero attached hydrogens (tertiary/aromatic N) is 2. The summed E-state index contributed by atoms with van der Waals surface area (Å²) in [6.07, 6.45) is 7.24. The van der Waals surface area contributed by atoms with Crippen molar-refractivity contribution in [3.8, 4) is 11.1 Å². The van der Waals surface area contributed by atoms with Crippen LogP contribution in [0.1, 0.15) is 49.7 Å². The molecule has 4 rings (SSSR count). The Labute approximate surface area is 175 Å². The fraction of sp³-hybridized carbons (Fsp3) is 0.500. The van der Waals surface area contributed by atoms with Crippen LogP contribution in [0.2, 0.25) is 0 Å². The lowest BCUT2D eigenvalue weighted by molar-refractivity contribution is -0.132. The highest BCUT2D eigenvalue weighted by atomic mass is 16.2. The number of hydrogen-bond donors (Lipinski definition) is 0. The fourth-order valence-electron chi connectivity index (χ4n) is 4.90. The molecule has 29 heavy (non-hydrogen) atoms. The van der Waals surface area contributed by atoms with Crippen LogP contribution in [-0.4, -0.2) is 37.0 Å². The van der Waals surface area contributed by atoms with E-state index in [1.54, 1.807) is 0 Å². The third-order valence-corrected chi connectivity index (χ3v) is 6.97. The number of carbonyl (C=O) groups excluding carboxylic acids is 1. The molecule has 2 aromatic rings. The van der Waals surface area contributed by atoms with Crippen LogP contribution in [0.5, 0.6) is 0 Å². The normalized spacial score (nSPS) is 18.1. The van der Waals surface area contributed by atoms with E-state index in [1.165, 1.54) is 60.0 Å². The van der Waals surface area contributed by atoms with Crippen LogP contribution in [0.3, 0.4) is 0 Å². The molecule has 0 bridgehead atoms. The van der Waals surface area contributed by atoms with Crippen LogP contribution in [0.25, 0.3) is 11.1 Å². The summed E-state index contributed by atoms with van der Waals surface area (Å²) < 4.78 is 0. The van der Waals surface area contributed by atoms with Gasteiger partial charge in [-0.25, -0.2) is 0 Å². The van der Waals surface area contributed by atoms with E-state index in [0.29, 0.717) is 11.8 Å². The monoisotopic (exact) mass is 390 g/mol. The van der Waals surface area contributed by atoms with E-state index in [2.05, 4.69) is 66.1 Å². The summed E-state index contributed by atoms with van der Waals surface area (Å²) in [5.41, 5.74) is 6.54. The molecule has 154 valence electrons. The summed E-state index contributed by atoms with van der Waals surface area (Å²) >= 11 is 0. The van der Waals surface area contributed by atoms with Gasteiger partial charge < -0.3 is 9.80 Å². The number of aryl methyl sites for hydroxylation is 1. The zero-order chi connectivity index (χ0) is 20.2. The highest BCUT2D eigenvalue weighted by molar-refractivity contribution is 5.77. The first-order valence-corrected chi connectivity index (χ1v) is 11.3. The van der Waals surface area contributed by atoms with Crippen molar-refractivity contribution >= 4 is 11.6 Å². The van der Waals surface area contributed by atoms with Crippen molar-refractivity contribution in [2.45, 2.75) is 52.4 Å². The number of hydrogen-bond acceptors (Lipinski definition) is 2. The summed E-state index contributed by atoms with van der Waals surface area (Å²) in [5.74, 6) is 1.01. The number of benzene rings is 2. The third-order valence-electron chi connectivity index (χ3n) is 6.97. The Hall–Kier alpha value is -2.29. The van der Waals surface area contributed by atoms with E-state index < -0.39 is 0 Å². The van der Waals surface area contributed by atoms with Gasteiger partial charge in [-0.2, -0.15) is 0 Å². The summed E-state index contributed by atoms with van der Waals surface area (Å²) in [7, 11) is 0. The van der Waals surface area contributed by atoms with Crippen LogP contribution < -0.4 is 4.90 Å². The highest BCUT2D eigenvalue weighted by Gasteiger charge is 2.24. The molecule has 1 heterocycles. The van der Waals surface area contributed by atoms with Gasteiger partial charge in [0.2, 0.25) is 5.91 Å². The summed E-state index contributed by atoms with van der Waals surface area (Å²) in [6.45, 7) is 7.93.